The Kier molecular flexibility index (Phi) is 9.12. The van der Waals surface area contributed by atoms with Crippen LogP contribution in [0.5, 0.6) is 0 Å². The van der Waals surface area contributed by atoms with Crippen LogP contribution in [-0.2, 0) is 0 Å². The van der Waals surface area contributed by atoms with E-state index in [0.29, 0.717) is 0 Å². The maximum atomic E-state index is 2.38. The molecule has 12 aromatic rings. The highest BCUT2D eigenvalue weighted by Gasteiger charge is 2.20. The van der Waals surface area contributed by atoms with Gasteiger partial charge < -0.3 is 18.9 Å². The molecule has 0 atom stereocenters. The number of benzene rings is 10. The topological polar surface area (TPSA) is 16.3 Å². The summed E-state index contributed by atoms with van der Waals surface area (Å²) in [5, 5.41) is 4.93. The average molecular weight is 819 g/mol. The zero-order chi connectivity index (χ0) is 42.4. The first kappa shape index (κ1) is 37.2. The number of rotatable bonds is 9. The maximum absolute atomic E-state index is 2.38. The van der Waals surface area contributed by atoms with Gasteiger partial charge >= 0.3 is 0 Å². The number of hydrogen-bond acceptors (Lipinski definition) is 2. The van der Waals surface area contributed by atoms with Gasteiger partial charge in [-0.05, 0) is 126 Å². The van der Waals surface area contributed by atoms with Crippen molar-refractivity contribution in [2.24, 2.45) is 0 Å². The second-order valence-corrected chi connectivity index (χ2v) is 16.2. The summed E-state index contributed by atoms with van der Waals surface area (Å²) in [6, 6.07) is 91.7. The second-order valence-electron chi connectivity index (χ2n) is 16.2. The molecule has 0 bridgehead atoms. The summed E-state index contributed by atoms with van der Waals surface area (Å²) in [5.74, 6) is 0. The van der Waals surface area contributed by atoms with E-state index in [1.165, 1.54) is 43.6 Å². The lowest BCUT2D eigenvalue weighted by molar-refractivity contribution is 1.18. The maximum Gasteiger partial charge on any atom is 0.0561 e. The lowest BCUT2D eigenvalue weighted by Crippen LogP contribution is -2.10. The van der Waals surface area contributed by atoms with Crippen LogP contribution in [0, 0.1) is 0 Å². The van der Waals surface area contributed by atoms with E-state index in [1.807, 2.05) is 0 Å². The number of nitrogens with zero attached hydrogens (tertiary/aromatic N) is 4. The molecule has 0 spiro atoms. The fourth-order valence-electron chi connectivity index (χ4n) is 9.56. The summed E-state index contributed by atoms with van der Waals surface area (Å²) in [6.07, 6.45) is 0. The van der Waals surface area contributed by atoms with Crippen LogP contribution < -0.4 is 9.80 Å². The second kappa shape index (κ2) is 15.7. The molecule has 12 rings (SSSR count). The predicted octanol–water partition coefficient (Wildman–Crippen LogP) is 16.5. The van der Waals surface area contributed by atoms with Crippen LogP contribution in [0.15, 0.2) is 255 Å². The molecule has 4 heteroatoms. The first-order valence-electron chi connectivity index (χ1n) is 21.8. The molecular formula is C60H42N4. The van der Waals surface area contributed by atoms with E-state index < -0.39 is 0 Å². The van der Waals surface area contributed by atoms with Crippen molar-refractivity contribution >= 4 is 77.7 Å². The Morgan fingerprint density at radius 3 is 1.08 bits per heavy atom. The summed E-state index contributed by atoms with van der Waals surface area (Å²) < 4.78 is 4.75. The molecule has 0 amide bonds. The van der Waals surface area contributed by atoms with Gasteiger partial charge in [-0.2, -0.15) is 0 Å². The van der Waals surface area contributed by atoms with Gasteiger partial charge in [0.2, 0.25) is 0 Å². The summed E-state index contributed by atoms with van der Waals surface area (Å²) in [4.78, 5) is 4.71. The number of fused-ring (bicyclic) bond motifs is 6. The van der Waals surface area contributed by atoms with E-state index in [4.69, 9.17) is 0 Å². The molecule has 0 unspecified atom stereocenters. The van der Waals surface area contributed by atoms with Gasteiger partial charge in [0.05, 0.1) is 22.1 Å². The zero-order valence-electron chi connectivity index (χ0n) is 35.0. The van der Waals surface area contributed by atoms with Gasteiger partial charge in [0.25, 0.3) is 0 Å². The standard InChI is InChI=1S/C60H42N4/c1-5-17-45(18-6-1)61(51-38-40-59-56(41-51)54-26-14-16-28-58(54)63(59)47-21-9-3-10-22-47)49-33-29-43(30-34-49)44-31-35-50(36-32-44)62(46-19-7-2-8-20-46)52-37-39-55-53-25-13-15-27-57(53)64(60(55)42-52)48-23-11-4-12-24-48/h1-42H. The summed E-state index contributed by atoms with van der Waals surface area (Å²) >= 11 is 0. The van der Waals surface area contributed by atoms with Gasteiger partial charge in [-0.3, -0.25) is 0 Å². The van der Waals surface area contributed by atoms with E-state index in [9.17, 15) is 0 Å². The lowest BCUT2D eigenvalue weighted by Gasteiger charge is -2.26. The van der Waals surface area contributed by atoms with Crippen molar-refractivity contribution in [2.45, 2.75) is 0 Å². The molecule has 0 aliphatic heterocycles. The molecule has 0 aliphatic carbocycles. The normalized spacial score (nSPS) is 11.4. The third-order valence-corrected chi connectivity index (χ3v) is 12.5. The Morgan fingerprint density at radius 2 is 0.562 bits per heavy atom. The fraction of sp³-hybridized carbons (Fsp3) is 0. The van der Waals surface area contributed by atoms with E-state index in [0.717, 1.165) is 56.6 Å². The molecular weight excluding hydrogens is 777 g/mol. The Bertz CT molecular complexity index is 3580. The molecule has 2 heterocycles. The molecule has 302 valence electrons. The van der Waals surface area contributed by atoms with Gasteiger partial charge in [-0.25, -0.2) is 0 Å². The van der Waals surface area contributed by atoms with Gasteiger partial charge in [0.15, 0.2) is 0 Å². The van der Waals surface area contributed by atoms with Crippen LogP contribution in [0.2, 0.25) is 0 Å². The average Bonchev–Trinajstić information content (AvgIpc) is 3.88. The van der Waals surface area contributed by atoms with E-state index in [1.54, 1.807) is 0 Å². The number of anilines is 6. The van der Waals surface area contributed by atoms with Crippen LogP contribution in [0.25, 0.3) is 66.1 Å². The largest absolute Gasteiger partial charge is 0.310 e. The van der Waals surface area contributed by atoms with Gasteiger partial charge in [0, 0.05) is 67.0 Å². The van der Waals surface area contributed by atoms with Crippen molar-refractivity contribution < 1.29 is 0 Å². The lowest BCUT2D eigenvalue weighted by atomic mass is 10.0. The highest BCUT2D eigenvalue weighted by Crippen LogP contribution is 2.42. The number of para-hydroxylation sites is 6. The van der Waals surface area contributed by atoms with Crippen molar-refractivity contribution in [2.75, 3.05) is 9.80 Å². The Morgan fingerprint density at radius 1 is 0.219 bits per heavy atom. The molecule has 0 saturated carbocycles. The van der Waals surface area contributed by atoms with Crippen LogP contribution >= 0.6 is 0 Å². The van der Waals surface area contributed by atoms with E-state index >= 15 is 0 Å². The highest BCUT2D eigenvalue weighted by molar-refractivity contribution is 6.11. The minimum absolute atomic E-state index is 1.09. The summed E-state index contributed by atoms with van der Waals surface area (Å²) in [5.41, 5.74) is 16.0. The van der Waals surface area contributed by atoms with Crippen LogP contribution in [0.1, 0.15) is 0 Å². The quantitative estimate of drug-likeness (QED) is 0.144. The number of aromatic nitrogens is 2. The number of hydrogen-bond donors (Lipinski definition) is 0. The molecule has 0 aliphatic rings. The monoisotopic (exact) mass is 818 g/mol. The van der Waals surface area contributed by atoms with Crippen LogP contribution in [-0.4, -0.2) is 9.13 Å². The molecule has 2 aromatic heterocycles. The molecule has 64 heavy (non-hydrogen) atoms. The summed E-state index contributed by atoms with van der Waals surface area (Å²) in [6.45, 7) is 0. The molecule has 0 N–H and O–H groups in total. The first-order valence-corrected chi connectivity index (χ1v) is 21.8. The van der Waals surface area contributed by atoms with Crippen LogP contribution in [0.3, 0.4) is 0 Å². The van der Waals surface area contributed by atoms with Crippen molar-refractivity contribution in [3.63, 3.8) is 0 Å². The molecule has 10 aromatic carbocycles. The van der Waals surface area contributed by atoms with Crippen LogP contribution in [0.4, 0.5) is 34.1 Å². The zero-order valence-corrected chi connectivity index (χ0v) is 35.0. The van der Waals surface area contributed by atoms with Crippen molar-refractivity contribution in [3.05, 3.63) is 255 Å². The molecule has 0 saturated heterocycles. The molecule has 4 nitrogen and oxygen atoms in total. The first-order chi connectivity index (χ1) is 31.8. The fourth-order valence-corrected chi connectivity index (χ4v) is 9.56. The Hall–Kier alpha value is -8.60. The molecule has 0 fully saturated rings. The Labute approximate surface area is 372 Å². The smallest absolute Gasteiger partial charge is 0.0561 e. The van der Waals surface area contributed by atoms with Gasteiger partial charge in [-0.1, -0.05) is 140 Å². The van der Waals surface area contributed by atoms with Crippen molar-refractivity contribution in [1.29, 1.82) is 0 Å². The summed E-state index contributed by atoms with van der Waals surface area (Å²) in [7, 11) is 0. The molecule has 0 radical (unpaired) electrons. The Balaban J connectivity index is 0.908. The van der Waals surface area contributed by atoms with Gasteiger partial charge in [-0.15, -0.1) is 0 Å². The van der Waals surface area contributed by atoms with E-state index in [-0.39, 0.29) is 0 Å². The minimum atomic E-state index is 1.09. The van der Waals surface area contributed by atoms with Crippen molar-refractivity contribution in [3.8, 4) is 22.5 Å². The SMILES string of the molecule is c1ccc(N(c2ccc(-c3ccc(N(c4ccccc4)c4ccc5c6ccccc6n(-c6ccccc6)c5c4)cc3)cc2)c2ccc3c(c2)c2ccccc2n3-c2ccccc2)cc1. The van der Waals surface area contributed by atoms with Crippen molar-refractivity contribution in [1.82, 2.24) is 9.13 Å². The highest BCUT2D eigenvalue weighted by atomic mass is 15.1. The third kappa shape index (κ3) is 6.40. The minimum Gasteiger partial charge on any atom is -0.310 e. The van der Waals surface area contributed by atoms with Gasteiger partial charge in [0.1, 0.15) is 0 Å². The van der Waals surface area contributed by atoms with E-state index in [2.05, 4.69) is 274 Å². The predicted molar refractivity (Wildman–Crippen MR) is 270 cm³/mol. The third-order valence-electron chi connectivity index (χ3n) is 12.5.